The molecule has 146 valence electrons. The van der Waals surface area contributed by atoms with Crippen LogP contribution < -0.4 is 10.6 Å². The van der Waals surface area contributed by atoms with E-state index in [1.807, 2.05) is 36.7 Å². The van der Waals surface area contributed by atoms with E-state index < -0.39 is 6.04 Å². The molecule has 2 amide bonds. The van der Waals surface area contributed by atoms with Crippen LogP contribution in [0, 0.1) is 5.82 Å². The van der Waals surface area contributed by atoms with Gasteiger partial charge < -0.3 is 15.2 Å². The molecular formula is C22H25FN4O. The van der Waals surface area contributed by atoms with Crippen molar-refractivity contribution in [1.29, 1.82) is 0 Å². The van der Waals surface area contributed by atoms with Crippen LogP contribution in [0.1, 0.15) is 36.3 Å². The Hall–Kier alpha value is -3.15. The summed E-state index contributed by atoms with van der Waals surface area (Å²) >= 11 is 0. The number of hydrogen-bond acceptors (Lipinski definition) is 2. The van der Waals surface area contributed by atoms with Gasteiger partial charge in [0, 0.05) is 25.5 Å². The van der Waals surface area contributed by atoms with Gasteiger partial charge in [-0.15, -0.1) is 0 Å². The maximum Gasteiger partial charge on any atom is 0.315 e. The highest BCUT2D eigenvalue weighted by Crippen LogP contribution is 2.21. The molecule has 2 aromatic carbocycles. The second-order valence-corrected chi connectivity index (χ2v) is 6.93. The van der Waals surface area contributed by atoms with Crippen molar-refractivity contribution in [3.8, 4) is 0 Å². The Labute approximate surface area is 164 Å². The molecule has 28 heavy (non-hydrogen) atoms. The number of rotatable bonds is 7. The number of nitrogens with zero attached hydrogens (tertiary/aromatic N) is 2. The summed E-state index contributed by atoms with van der Waals surface area (Å²) in [7, 11) is 1.84. The third-order valence-corrected chi connectivity index (χ3v) is 4.66. The van der Waals surface area contributed by atoms with E-state index in [0.717, 1.165) is 12.8 Å². The Morgan fingerprint density at radius 1 is 1.14 bits per heavy atom. The molecule has 2 atom stereocenters. The first-order valence-corrected chi connectivity index (χ1v) is 9.36. The van der Waals surface area contributed by atoms with Gasteiger partial charge in [-0.2, -0.15) is 0 Å². The van der Waals surface area contributed by atoms with Crippen LogP contribution in [-0.2, 0) is 13.5 Å². The van der Waals surface area contributed by atoms with Crippen LogP contribution in [0.5, 0.6) is 0 Å². The molecule has 1 aromatic heterocycles. The first-order chi connectivity index (χ1) is 13.5. The molecule has 0 fully saturated rings. The van der Waals surface area contributed by atoms with E-state index in [-0.39, 0.29) is 17.9 Å². The predicted molar refractivity (Wildman–Crippen MR) is 107 cm³/mol. The number of nitrogens with one attached hydrogen (secondary N) is 2. The molecule has 0 aliphatic rings. The molecule has 0 radical (unpaired) electrons. The van der Waals surface area contributed by atoms with Gasteiger partial charge >= 0.3 is 6.03 Å². The van der Waals surface area contributed by atoms with E-state index in [4.69, 9.17) is 0 Å². The molecule has 0 aliphatic carbocycles. The predicted octanol–water partition coefficient (Wildman–Crippen LogP) is 3.97. The van der Waals surface area contributed by atoms with Gasteiger partial charge in [0.05, 0.1) is 0 Å². The third kappa shape index (κ3) is 5.19. The summed E-state index contributed by atoms with van der Waals surface area (Å²) in [4.78, 5) is 16.9. The zero-order valence-corrected chi connectivity index (χ0v) is 16.1. The number of urea groups is 1. The number of carbonyl (C=O) groups excluding carboxylic acids is 1. The zero-order chi connectivity index (χ0) is 19.9. The summed E-state index contributed by atoms with van der Waals surface area (Å²) in [6.07, 6.45) is 5.16. The summed E-state index contributed by atoms with van der Waals surface area (Å²) in [5, 5.41) is 5.90. The summed E-state index contributed by atoms with van der Waals surface area (Å²) in [6.45, 7) is 1.97. The van der Waals surface area contributed by atoms with Crippen LogP contribution in [0.15, 0.2) is 67.0 Å². The normalized spacial score (nSPS) is 13.0. The monoisotopic (exact) mass is 380 g/mol. The number of aromatic nitrogens is 2. The summed E-state index contributed by atoms with van der Waals surface area (Å²) < 4.78 is 15.5. The Balaban J connectivity index is 1.65. The number of aryl methyl sites for hydroxylation is 2. The van der Waals surface area contributed by atoms with Gasteiger partial charge in [-0.05, 0) is 43.0 Å². The van der Waals surface area contributed by atoms with Gasteiger partial charge in [-0.3, -0.25) is 0 Å². The van der Waals surface area contributed by atoms with Gasteiger partial charge in [0.1, 0.15) is 17.7 Å². The number of carbonyl (C=O) groups is 1. The van der Waals surface area contributed by atoms with E-state index in [9.17, 15) is 9.18 Å². The molecule has 1 heterocycles. The lowest BCUT2D eigenvalue weighted by Crippen LogP contribution is -2.43. The Kier molecular flexibility index (Phi) is 6.42. The lowest BCUT2D eigenvalue weighted by Gasteiger charge is -2.21. The molecule has 0 spiro atoms. The lowest BCUT2D eigenvalue weighted by molar-refractivity contribution is 0.234. The fraction of sp³-hybridized carbons (Fsp3) is 0.273. The molecular weight excluding hydrogens is 355 g/mol. The fourth-order valence-electron chi connectivity index (χ4n) is 3.13. The smallest absolute Gasteiger partial charge is 0.315 e. The highest BCUT2D eigenvalue weighted by atomic mass is 19.1. The molecule has 3 rings (SSSR count). The first-order valence-electron chi connectivity index (χ1n) is 9.36. The average Bonchev–Trinajstić information content (AvgIpc) is 3.11. The van der Waals surface area contributed by atoms with Crippen molar-refractivity contribution in [2.75, 3.05) is 0 Å². The van der Waals surface area contributed by atoms with Crippen LogP contribution in [0.3, 0.4) is 0 Å². The highest BCUT2D eigenvalue weighted by molar-refractivity contribution is 5.75. The molecule has 5 nitrogen and oxygen atoms in total. The van der Waals surface area contributed by atoms with Gasteiger partial charge in [0.15, 0.2) is 0 Å². The van der Waals surface area contributed by atoms with Gasteiger partial charge in [0.2, 0.25) is 0 Å². The van der Waals surface area contributed by atoms with E-state index in [1.54, 1.807) is 24.5 Å². The van der Waals surface area contributed by atoms with Crippen molar-refractivity contribution in [3.05, 3.63) is 89.8 Å². The number of benzene rings is 2. The van der Waals surface area contributed by atoms with E-state index in [2.05, 4.69) is 27.8 Å². The Morgan fingerprint density at radius 3 is 2.61 bits per heavy atom. The maximum absolute atomic E-state index is 13.7. The molecule has 0 unspecified atom stereocenters. The van der Waals surface area contributed by atoms with Gasteiger partial charge in [0.25, 0.3) is 0 Å². The van der Waals surface area contributed by atoms with Crippen LogP contribution in [0.4, 0.5) is 9.18 Å². The van der Waals surface area contributed by atoms with Crippen molar-refractivity contribution in [2.45, 2.75) is 31.8 Å². The second kappa shape index (κ2) is 9.17. The summed E-state index contributed by atoms with van der Waals surface area (Å²) in [5.41, 5.74) is 1.88. The van der Waals surface area contributed by atoms with Crippen LogP contribution in [0.2, 0.25) is 0 Å². The van der Waals surface area contributed by atoms with Gasteiger partial charge in [-0.25, -0.2) is 14.2 Å². The highest BCUT2D eigenvalue weighted by Gasteiger charge is 2.21. The minimum absolute atomic E-state index is 0.00487. The summed E-state index contributed by atoms with van der Waals surface area (Å²) in [6, 6.07) is 15.5. The van der Waals surface area contributed by atoms with Crippen molar-refractivity contribution in [1.82, 2.24) is 20.2 Å². The van der Waals surface area contributed by atoms with Crippen LogP contribution in [-0.4, -0.2) is 21.6 Å². The quantitative estimate of drug-likeness (QED) is 0.652. The molecule has 2 N–H and O–H groups in total. The molecule has 0 saturated heterocycles. The Morgan fingerprint density at radius 2 is 1.93 bits per heavy atom. The second-order valence-electron chi connectivity index (χ2n) is 6.93. The number of amides is 2. The van der Waals surface area contributed by atoms with Crippen molar-refractivity contribution >= 4 is 6.03 Å². The van der Waals surface area contributed by atoms with Crippen molar-refractivity contribution in [3.63, 3.8) is 0 Å². The lowest BCUT2D eigenvalue weighted by atomic mass is 10.1. The number of halogens is 1. The largest absolute Gasteiger partial charge is 0.336 e. The molecule has 6 heteroatoms. The fourth-order valence-corrected chi connectivity index (χ4v) is 3.13. The first kappa shape index (κ1) is 19.6. The maximum atomic E-state index is 13.7. The van der Waals surface area contributed by atoms with E-state index in [1.165, 1.54) is 17.7 Å². The molecule has 3 aromatic rings. The minimum Gasteiger partial charge on any atom is -0.336 e. The standard InChI is InChI=1S/C22H25FN4O/c1-16(11-12-17-7-4-3-5-8-17)25-22(28)26-20(21-24-13-14-27(21)2)18-9-6-10-19(23)15-18/h3-10,13-16,20H,11-12H2,1-2H3,(H2,25,26,28)/t16-,20-/m1/s1. The SMILES string of the molecule is C[C@H](CCc1ccccc1)NC(=O)N[C@H](c1cccc(F)c1)c1nccn1C. The van der Waals surface area contributed by atoms with Crippen LogP contribution in [0.25, 0.3) is 0 Å². The molecule has 0 saturated carbocycles. The average molecular weight is 380 g/mol. The van der Waals surface area contributed by atoms with E-state index in [0.29, 0.717) is 11.4 Å². The number of hydrogen-bond donors (Lipinski definition) is 2. The van der Waals surface area contributed by atoms with Crippen molar-refractivity contribution < 1.29 is 9.18 Å². The summed E-state index contributed by atoms with van der Waals surface area (Å²) in [5.74, 6) is 0.285. The zero-order valence-electron chi connectivity index (χ0n) is 16.1. The molecule has 0 bridgehead atoms. The number of imidazole rings is 1. The topological polar surface area (TPSA) is 59.0 Å². The van der Waals surface area contributed by atoms with Gasteiger partial charge in [-0.1, -0.05) is 42.5 Å². The van der Waals surface area contributed by atoms with E-state index >= 15 is 0 Å². The minimum atomic E-state index is -0.544. The third-order valence-electron chi connectivity index (χ3n) is 4.66. The molecule has 0 aliphatic heterocycles. The van der Waals surface area contributed by atoms with Crippen LogP contribution >= 0.6 is 0 Å². The van der Waals surface area contributed by atoms with Crippen molar-refractivity contribution in [2.24, 2.45) is 7.05 Å². The Bertz CT molecular complexity index is 910.